The van der Waals surface area contributed by atoms with E-state index in [9.17, 15) is 9.59 Å². The summed E-state index contributed by atoms with van der Waals surface area (Å²) in [7, 11) is 0. The summed E-state index contributed by atoms with van der Waals surface area (Å²) in [5.41, 5.74) is 0.433. The predicted molar refractivity (Wildman–Crippen MR) is 76.8 cm³/mol. The Kier molecular flexibility index (Phi) is 2.67. The number of carbonyl (C=O) groups is 2. The monoisotopic (exact) mass is 309 g/mol. The summed E-state index contributed by atoms with van der Waals surface area (Å²) >= 11 is 12.1. The average Bonchev–Trinajstić information content (AvgIpc) is 3.08. The van der Waals surface area contributed by atoms with Crippen LogP contribution < -0.4 is 4.90 Å². The number of hydrogen-bond donors (Lipinski definition) is 0. The van der Waals surface area contributed by atoms with Crippen LogP contribution in [-0.4, -0.2) is 11.8 Å². The van der Waals surface area contributed by atoms with Gasteiger partial charge in [-0.3, -0.25) is 9.59 Å². The summed E-state index contributed by atoms with van der Waals surface area (Å²) in [4.78, 5) is 26.6. The number of rotatable bonds is 1. The number of fused-ring (bicyclic) bond motifs is 5. The van der Waals surface area contributed by atoms with Crippen molar-refractivity contribution >= 4 is 40.7 Å². The molecule has 3 nitrogen and oxygen atoms in total. The van der Waals surface area contributed by atoms with Crippen molar-refractivity contribution in [2.24, 2.45) is 23.7 Å². The van der Waals surface area contributed by atoms with E-state index >= 15 is 0 Å². The summed E-state index contributed by atoms with van der Waals surface area (Å²) < 4.78 is 0. The van der Waals surface area contributed by atoms with Crippen molar-refractivity contribution in [1.29, 1.82) is 0 Å². The highest BCUT2D eigenvalue weighted by Gasteiger charge is 2.61. The number of anilines is 1. The van der Waals surface area contributed by atoms with Gasteiger partial charge in [0, 0.05) is 5.02 Å². The molecule has 3 fully saturated rings. The number of benzene rings is 1. The number of halogens is 2. The molecule has 1 aliphatic heterocycles. The van der Waals surface area contributed by atoms with E-state index in [1.807, 2.05) is 0 Å². The maximum Gasteiger partial charge on any atom is 0.238 e. The van der Waals surface area contributed by atoms with E-state index in [2.05, 4.69) is 0 Å². The Hall–Kier alpha value is -1.06. The van der Waals surface area contributed by atoms with E-state index < -0.39 is 0 Å². The fraction of sp³-hybridized carbons (Fsp3) is 0.467. The van der Waals surface area contributed by atoms with Gasteiger partial charge in [0.15, 0.2) is 0 Å². The molecule has 5 heteroatoms. The minimum atomic E-state index is -0.128. The highest BCUT2D eigenvalue weighted by molar-refractivity contribution is 6.37. The van der Waals surface area contributed by atoms with E-state index in [4.69, 9.17) is 23.2 Å². The van der Waals surface area contributed by atoms with Gasteiger partial charge < -0.3 is 0 Å². The Bertz CT molecular complexity index is 602. The fourth-order valence-electron chi connectivity index (χ4n) is 4.30. The van der Waals surface area contributed by atoms with Crippen molar-refractivity contribution in [1.82, 2.24) is 0 Å². The third-order valence-electron chi connectivity index (χ3n) is 5.08. The lowest BCUT2D eigenvalue weighted by atomic mass is 9.81. The largest absolute Gasteiger partial charge is 0.274 e. The van der Waals surface area contributed by atoms with Crippen LogP contribution in [0.25, 0.3) is 0 Å². The second kappa shape index (κ2) is 4.22. The standard InChI is InChI=1S/C15H13Cl2NO2/c16-9-3-4-10(17)11(6-9)18-14(19)12-7-1-2-8(5-7)13(12)15(18)20/h3-4,6-8,12-13H,1-2,5H2/t7-,8+,12-,13-/m0/s1. The number of amides is 2. The molecule has 4 rings (SSSR count). The molecule has 20 heavy (non-hydrogen) atoms. The molecule has 2 bridgehead atoms. The van der Waals surface area contributed by atoms with Gasteiger partial charge in [-0.2, -0.15) is 0 Å². The minimum Gasteiger partial charge on any atom is -0.274 e. The second-order valence-corrected chi connectivity index (χ2v) is 6.84. The maximum atomic E-state index is 12.7. The van der Waals surface area contributed by atoms with Gasteiger partial charge in [0.25, 0.3) is 0 Å². The summed E-state index contributed by atoms with van der Waals surface area (Å²) in [5.74, 6) is 0.328. The van der Waals surface area contributed by atoms with Gasteiger partial charge in [0.2, 0.25) is 11.8 Å². The molecule has 2 amide bonds. The molecule has 0 unspecified atom stereocenters. The lowest BCUT2D eigenvalue weighted by Gasteiger charge is -2.19. The molecule has 0 radical (unpaired) electrons. The zero-order valence-electron chi connectivity index (χ0n) is 10.7. The molecule has 0 spiro atoms. The predicted octanol–water partition coefficient (Wildman–Crippen LogP) is 3.53. The minimum absolute atomic E-state index is 0.0867. The second-order valence-electron chi connectivity index (χ2n) is 5.99. The molecule has 2 saturated carbocycles. The van der Waals surface area contributed by atoms with E-state index in [0.717, 1.165) is 19.3 Å². The zero-order chi connectivity index (χ0) is 14.0. The van der Waals surface area contributed by atoms with Crippen LogP contribution in [0.5, 0.6) is 0 Å². The number of carbonyl (C=O) groups excluding carboxylic acids is 2. The van der Waals surface area contributed by atoms with Gasteiger partial charge in [-0.15, -0.1) is 0 Å². The smallest absolute Gasteiger partial charge is 0.238 e. The topological polar surface area (TPSA) is 37.4 Å². The van der Waals surface area contributed by atoms with E-state index in [1.165, 1.54) is 4.90 Å². The SMILES string of the molecule is O=C1[C@H]2[C@@H]3CC[C@@H](C3)[C@@H]2C(=O)N1c1cc(Cl)ccc1Cl. The van der Waals surface area contributed by atoms with Gasteiger partial charge in [0.05, 0.1) is 22.5 Å². The first-order chi connectivity index (χ1) is 9.58. The normalized spacial score (nSPS) is 35.0. The van der Waals surface area contributed by atoms with Crippen LogP contribution in [0.4, 0.5) is 5.69 Å². The molecule has 1 aromatic carbocycles. The van der Waals surface area contributed by atoms with Gasteiger partial charge in [-0.1, -0.05) is 23.2 Å². The van der Waals surface area contributed by atoms with Crippen LogP contribution >= 0.6 is 23.2 Å². The highest BCUT2D eigenvalue weighted by atomic mass is 35.5. The molecule has 0 aromatic heterocycles. The molecule has 1 heterocycles. The average molecular weight is 310 g/mol. The first kappa shape index (κ1) is 12.7. The summed E-state index contributed by atoms with van der Waals surface area (Å²) in [6.45, 7) is 0. The Labute approximate surface area is 126 Å². The molecule has 2 aliphatic carbocycles. The van der Waals surface area contributed by atoms with Crippen molar-refractivity contribution in [3.8, 4) is 0 Å². The molecular formula is C15H13Cl2NO2. The lowest BCUT2D eigenvalue weighted by molar-refractivity contribution is -0.123. The van der Waals surface area contributed by atoms with E-state index in [1.54, 1.807) is 18.2 Å². The molecule has 104 valence electrons. The van der Waals surface area contributed by atoms with Crippen molar-refractivity contribution in [3.63, 3.8) is 0 Å². The van der Waals surface area contributed by atoms with Crippen molar-refractivity contribution in [3.05, 3.63) is 28.2 Å². The van der Waals surface area contributed by atoms with Crippen LogP contribution in [0.2, 0.25) is 10.0 Å². The third kappa shape index (κ3) is 1.54. The van der Waals surface area contributed by atoms with Crippen molar-refractivity contribution in [2.45, 2.75) is 19.3 Å². The number of imide groups is 1. The Morgan fingerprint density at radius 3 is 2.20 bits per heavy atom. The van der Waals surface area contributed by atoms with Gasteiger partial charge >= 0.3 is 0 Å². The highest BCUT2D eigenvalue weighted by Crippen LogP contribution is 2.57. The van der Waals surface area contributed by atoms with Crippen molar-refractivity contribution in [2.75, 3.05) is 4.90 Å². The molecule has 3 aliphatic rings. The van der Waals surface area contributed by atoms with Crippen LogP contribution in [0.1, 0.15) is 19.3 Å². The fourth-order valence-corrected chi connectivity index (χ4v) is 4.67. The van der Waals surface area contributed by atoms with Gasteiger partial charge in [-0.05, 0) is 49.3 Å². The summed E-state index contributed by atoms with van der Waals surface area (Å²) in [5, 5.41) is 0.869. The molecule has 0 N–H and O–H groups in total. The van der Waals surface area contributed by atoms with E-state index in [-0.39, 0.29) is 23.7 Å². The van der Waals surface area contributed by atoms with Crippen LogP contribution in [0, 0.1) is 23.7 Å². The molecular weight excluding hydrogens is 297 g/mol. The first-order valence-electron chi connectivity index (χ1n) is 6.91. The van der Waals surface area contributed by atoms with Crippen LogP contribution in [0.3, 0.4) is 0 Å². The quantitative estimate of drug-likeness (QED) is 0.744. The maximum absolute atomic E-state index is 12.7. The summed E-state index contributed by atoms with van der Waals surface area (Å²) in [6.07, 6.45) is 3.17. The number of nitrogens with zero attached hydrogens (tertiary/aromatic N) is 1. The summed E-state index contributed by atoms with van der Waals surface area (Å²) in [6, 6.07) is 4.88. The first-order valence-corrected chi connectivity index (χ1v) is 7.66. The lowest BCUT2D eigenvalue weighted by Crippen LogP contribution is -2.33. The molecule has 1 aromatic rings. The zero-order valence-corrected chi connectivity index (χ0v) is 12.2. The van der Waals surface area contributed by atoms with Crippen LogP contribution in [0.15, 0.2) is 18.2 Å². The third-order valence-corrected chi connectivity index (χ3v) is 5.63. The Balaban J connectivity index is 1.79. The van der Waals surface area contributed by atoms with Crippen LogP contribution in [-0.2, 0) is 9.59 Å². The van der Waals surface area contributed by atoms with Gasteiger partial charge in [0.1, 0.15) is 0 Å². The molecule has 4 atom stereocenters. The van der Waals surface area contributed by atoms with E-state index in [0.29, 0.717) is 27.6 Å². The van der Waals surface area contributed by atoms with Gasteiger partial charge in [-0.25, -0.2) is 4.90 Å². The molecule has 1 saturated heterocycles. The van der Waals surface area contributed by atoms with Crippen molar-refractivity contribution < 1.29 is 9.59 Å². The Morgan fingerprint density at radius 1 is 1.00 bits per heavy atom. The Morgan fingerprint density at radius 2 is 1.60 bits per heavy atom. The number of hydrogen-bond acceptors (Lipinski definition) is 2.